The fourth-order valence-corrected chi connectivity index (χ4v) is 3.54. The lowest BCUT2D eigenvalue weighted by molar-refractivity contribution is -0.0143. The van der Waals surface area contributed by atoms with Crippen LogP contribution in [0, 0.1) is 5.92 Å². The van der Waals surface area contributed by atoms with Crippen molar-refractivity contribution in [2.24, 2.45) is 5.92 Å². The van der Waals surface area contributed by atoms with Crippen LogP contribution in [0.5, 0.6) is 0 Å². The fourth-order valence-electron chi connectivity index (χ4n) is 3.54. The molecule has 1 aromatic rings. The van der Waals surface area contributed by atoms with E-state index in [1.165, 1.54) is 31.2 Å². The molecule has 4 atom stereocenters. The number of hydrogen-bond acceptors (Lipinski definition) is 2. The molecule has 0 aliphatic heterocycles. The normalized spacial score (nSPS) is 27.5. The summed E-state index contributed by atoms with van der Waals surface area (Å²) in [5.41, 5.74) is 1.47. The molecule has 1 aromatic carbocycles. The highest BCUT2D eigenvalue weighted by molar-refractivity contribution is 5.20. The van der Waals surface area contributed by atoms with E-state index in [4.69, 9.17) is 4.74 Å². The lowest BCUT2D eigenvalue weighted by Gasteiger charge is -2.36. The minimum absolute atomic E-state index is 0.355. The molecule has 118 valence electrons. The average Bonchev–Trinajstić information content (AvgIpc) is 2.54. The van der Waals surface area contributed by atoms with Crippen LogP contribution in [-0.2, 0) is 4.74 Å². The molecule has 0 heterocycles. The quantitative estimate of drug-likeness (QED) is 0.805. The first-order valence-corrected chi connectivity index (χ1v) is 8.58. The van der Waals surface area contributed by atoms with Crippen molar-refractivity contribution >= 4 is 0 Å². The van der Waals surface area contributed by atoms with E-state index in [9.17, 15) is 0 Å². The third-order valence-corrected chi connectivity index (χ3v) is 4.81. The first-order valence-electron chi connectivity index (χ1n) is 8.58. The van der Waals surface area contributed by atoms with Crippen molar-refractivity contribution in [2.75, 3.05) is 13.7 Å². The number of rotatable bonds is 7. The minimum atomic E-state index is 0.355. The van der Waals surface area contributed by atoms with Gasteiger partial charge in [-0.3, -0.25) is 0 Å². The van der Waals surface area contributed by atoms with Gasteiger partial charge in [-0.15, -0.1) is 0 Å². The van der Waals surface area contributed by atoms with Crippen LogP contribution in [0.2, 0.25) is 0 Å². The average molecular weight is 289 g/mol. The summed E-state index contributed by atoms with van der Waals surface area (Å²) in [6, 6.07) is 11.4. The van der Waals surface area contributed by atoms with Crippen LogP contribution in [0.25, 0.3) is 0 Å². The van der Waals surface area contributed by atoms with Crippen molar-refractivity contribution in [3.8, 4) is 0 Å². The highest BCUT2D eigenvalue weighted by atomic mass is 16.5. The van der Waals surface area contributed by atoms with Crippen molar-refractivity contribution in [3.63, 3.8) is 0 Å². The van der Waals surface area contributed by atoms with Crippen LogP contribution in [0.4, 0.5) is 0 Å². The van der Waals surface area contributed by atoms with Gasteiger partial charge in [0.05, 0.1) is 6.10 Å². The van der Waals surface area contributed by atoms with Crippen LogP contribution in [0.3, 0.4) is 0 Å². The van der Waals surface area contributed by atoms with Crippen LogP contribution >= 0.6 is 0 Å². The van der Waals surface area contributed by atoms with Gasteiger partial charge in [-0.05, 0) is 50.1 Å². The second-order valence-corrected chi connectivity index (χ2v) is 6.58. The fraction of sp³-hybridized carbons (Fsp3) is 0.684. The SMILES string of the molecule is CCCC(C)COC1CC(c2ccccc2)CCC1NC. The number of nitrogens with one attached hydrogen (secondary N) is 1. The van der Waals surface area contributed by atoms with Gasteiger partial charge in [-0.2, -0.15) is 0 Å². The van der Waals surface area contributed by atoms with Crippen molar-refractivity contribution in [1.29, 1.82) is 0 Å². The Labute approximate surface area is 130 Å². The molecule has 21 heavy (non-hydrogen) atoms. The van der Waals surface area contributed by atoms with Crippen LogP contribution < -0.4 is 5.32 Å². The lowest BCUT2D eigenvalue weighted by Crippen LogP contribution is -2.44. The van der Waals surface area contributed by atoms with Gasteiger partial charge in [-0.25, -0.2) is 0 Å². The summed E-state index contributed by atoms with van der Waals surface area (Å²) in [5, 5.41) is 3.46. The van der Waals surface area contributed by atoms with Gasteiger partial charge < -0.3 is 10.1 Å². The van der Waals surface area contributed by atoms with Gasteiger partial charge in [0, 0.05) is 12.6 Å². The number of ether oxygens (including phenoxy) is 1. The molecule has 1 aliphatic rings. The van der Waals surface area contributed by atoms with Gasteiger partial charge >= 0.3 is 0 Å². The van der Waals surface area contributed by atoms with E-state index in [0.717, 1.165) is 13.0 Å². The van der Waals surface area contributed by atoms with E-state index < -0.39 is 0 Å². The van der Waals surface area contributed by atoms with Crippen molar-refractivity contribution in [1.82, 2.24) is 5.32 Å². The first-order chi connectivity index (χ1) is 10.2. The molecule has 0 spiro atoms. The van der Waals surface area contributed by atoms with E-state index in [0.29, 0.717) is 24.0 Å². The van der Waals surface area contributed by atoms with E-state index in [2.05, 4.69) is 56.5 Å². The largest absolute Gasteiger partial charge is 0.376 e. The van der Waals surface area contributed by atoms with Gasteiger partial charge in [0.25, 0.3) is 0 Å². The van der Waals surface area contributed by atoms with E-state index in [-0.39, 0.29) is 0 Å². The van der Waals surface area contributed by atoms with E-state index in [1.807, 2.05) is 0 Å². The van der Waals surface area contributed by atoms with Crippen molar-refractivity contribution < 1.29 is 4.74 Å². The Morgan fingerprint density at radius 2 is 2.00 bits per heavy atom. The topological polar surface area (TPSA) is 21.3 Å². The van der Waals surface area contributed by atoms with Gasteiger partial charge in [-0.1, -0.05) is 50.6 Å². The van der Waals surface area contributed by atoms with Gasteiger partial charge in [0.15, 0.2) is 0 Å². The van der Waals surface area contributed by atoms with Crippen molar-refractivity contribution in [2.45, 2.75) is 64.0 Å². The summed E-state index contributed by atoms with van der Waals surface area (Å²) in [5.74, 6) is 1.33. The van der Waals surface area contributed by atoms with Crippen LogP contribution in [-0.4, -0.2) is 25.8 Å². The molecule has 2 heteroatoms. The third-order valence-electron chi connectivity index (χ3n) is 4.81. The summed E-state index contributed by atoms with van der Waals surface area (Å²) >= 11 is 0. The molecular weight excluding hydrogens is 258 g/mol. The monoisotopic (exact) mass is 289 g/mol. The molecule has 1 saturated carbocycles. The maximum atomic E-state index is 6.29. The summed E-state index contributed by atoms with van der Waals surface area (Å²) in [4.78, 5) is 0. The Morgan fingerprint density at radius 3 is 2.67 bits per heavy atom. The van der Waals surface area contributed by atoms with Gasteiger partial charge in [0.2, 0.25) is 0 Å². The molecule has 1 aliphatic carbocycles. The maximum absolute atomic E-state index is 6.29. The molecule has 0 amide bonds. The molecule has 1 fully saturated rings. The molecule has 0 saturated heterocycles. The predicted octanol–water partition coefficient (Wildman–Crippen LogP) is 4.36. The van der Waals surface area contributed by atoms with Crippen LogP contribution in [0.1, 0.15) is 57.4 Å². The Balaban J connectivity index is 1.93. The lowest BCUT2D eigenvalue weighted by atomic mass is 9.80. The molecule has 2 rings (SSSR count). The highest BCUT2D eigenvalue weighted by Gasteiger charge is 2.31. The smallest absolute Gasteiger partial charge is 0.0733 e. The summed E-state index contributed by atoms with van der Waals surface area (Å²) in [7, 11) is 2.07. The molecule has 0 bridgehead atoms. The first kappa shape index (κ1) is 16.5. The third kappa shape index (κ3) is 4.82. The maximum Gasteiger partial charge on any atom is 0.0733 e. The molecule has 1 N–H and O–H groups in total. The Kier molecular flexibility index (Phi) is 6.72. The molecule has 0 aromatic heterocycles. The summed E-state index contributed by atoms with van der Waals surface area (Å²) < 4.78 is 6.29. The molecular formula is C19H31NO. The minimum Gasteiger partial charge on any atom is -0.376 e. The highest BCUT2D eigenvalue weighted by Crippen LogP contribution is 2.34. The zero-order valence-electron chi connectivity index (χ0n) is 13.8. The summed E-state index contributed by atoms with van der Waals surface area (Å²) in [6.45, 7) is 5.45. The summed E-state index contributed by atoms with van der Waals surface area (Å²) in [6.07, 6.45) is 6.49. The molecule has 2 nitrogen and oxygen atoms in total. The van der Waals surface area contributed by atoms with E-state index >= 15 is 0 Å². The molecule has 4 unspecified atom stereocenters. The number of likely N-dealkylation sites (N-methyl/N-ethyl adjacent to an activating group) is 1. The Morgan fingerprint density at radius 1 is 1.24 bits per heavy atom. The number of hydrogen-bond donors (Lipinski definition) is 1. The van der Waals surface area contributed by atoms with Crippen molar-refractivity contribution in [3.05, 3.63) is 35.9 Å². The zero-order chi connectivity index (χ0) is 15.1. The zero-order valence-corrected chi connectivity index (χ0v) is 13.8. The van der Waals surface area contributed by atoms with Crippen LogP contribution in [0.15, 0.2) is 30.3 Å². The predicted molar refractivity (Wildman–Crippen MR) is 89.7 cm³/mol. The molecule has 0 radical (unpaired) electrons. The van der Waals surface area contributed by atoms with Gasteiger partial charge in [0.1, 0.15) is 0 Å². The van der Waals surface area contributed by atoms with E-state index in [1.54, 1.807) is 0 Å². The standard InChI is InChI=1S/C19H31NO/c1-4-8-15(2)14-21-19-13-17(11-12-18(19)20-3)16-9-6-5-7-10-16/h5-7,9-10,15,17-20H,4,8,11-14H2,1-3H3. The second kappa shape index (κ2) is 8.55. The Bertz CT molecular complexity index is 392. The second-order valence-electron chi connectivity index (χ2n) is 6.58. The number of benzene rings is 1. The Hall–Kier alpha value is -0.860.